The van der Waals surface area contributed by atoms with Gasteiger partial charge in [0.1, 0.15) is 12.4 Å². The van der Waals surface area contributed by atoms with Crippen LogP contribution in [0, 0.1) is 0 Å². The summed E-state index contributed by atoms with van der Waals surface area (Å²) in [5.41, 5.74) is 1.10. The number of para-hydroxylation sites is 1. The van der Waals surface area contributed by atoms with E-state index in [2.05, 4.69) is 22.6 Å². The van der Waals surface area contributed by atoms with Gasteiger partial charge in [0.05, 0.1) is 12.7 Å². The Morgan fingerprint density at radius 2 is 1.80 bits per heavy atom. The molecule has 20 heavy (non-hydrogen) atoms. The topological polar surface area (TPSA) is 18.5 Å². The summed E-state index contributed by atoms with van der Waals surface area (Å²) >= 11 is 8.32. The lowest BCUT2D eigenvalue weighted by molar-refractivity contribution is 0.0484. The molecular formula is C16H16ClIO2. The van der Waals surface area contributed by atoms with Crippen LogP contribution in [0.15, 0.2) is 54.6 Å². The molecule has 0 saturated heterocycles. The normalized spacial score (nSPS) is 12.1. The van der Waals surface area contributed by atoms with E-state index >= 15 is 0 Å². The summed E-state index contributed by atoms with van der Waals surface area (Å²) in [4.78, 5) is 0. The fraction of sp³-hybridized carbons (Fsp3) is 0.250. The van der Waals surface area contributed by atoms with Gasteiger partial charge in [-0.2, -0.15) is 0 Å². The van der Waals surface area contributed by atoms with E-state index < -0.39 is 0 Å². The predicted molar refractivity (Wildman–Crippen MR) is 91.0 cm³/mol. The minimum Gasteiger partial charge on any atom is -0.491 e. The maximum absolute atomic E-state index is 6.00. The average molecular weight is 403 g/mol. The van der Waals surface area contributed by atoms with Crippen molar-refractivity contribution in [1.29, 1.82) is 0 Å². The van der Waals surface area contributed by atoms with Gasteiger partial charge in [0.2, 0.25) is 0 Å². The highest BCUT2D eigenvalue weighted by Crippen LogP contribution is 2.22. The summed E-state index contributed by atoms with van der Waals surface area (Å²) < 4.78 is 12.3. The zero-order chi connectivity index (χ0) is 14.2. The summed E-state index contributed by atoms with van der Waals surface area (Å²) in [5, 5.41) is 0.737. The summed E-state index contributed by atoms with van der Waals surface area (Å²) in [5.74, 6) is 0.866. The van der Waals surface area contributed by atoms with Gasteiger partial charge in [-0.3, -0.25) is 0 Å². The van der Waals surface area contributed by atoms with Crippen molar-refractivity contribution in [3.63, 3.8) is 0 Å². The molecule has 0 amide bonds. The van der Waals surface area contributed by atoms with E-state index in [1.165, 1.54) is 0 Å². The second kappa shape index (κ2) is 8.49. The van der Waals surface area contributed by atoms with Crippen LogP contribution < -0.4 is 4.74 Å². The van der Waals surface area contributed by atoms with Gasteiger partial charge in [0.25, 0.3) is 0 Å². The first-order chi connectivity index (χ1) is 9.79. The number of hydrogen-bond acceptors (Lipinski definition) is 2. The SMILES string of the molecule is Clc1cccc(C(CI)OCCOc2ccccc2)c1. The lowest BCUT2D eigenvalue weighted by Gasteiger charge is -2.16. The molecule has 4 heteroatoms. The highest BCUT2D eigenvalue weighted by Gasteiger charge is 2.10. The molecule has 0 radical (unpaired) electrons. The molecule has 0 aliphatic heterocycles. The molecule has 0 bridgehead atoms. The molecule has 0 N–H and O–H groups in total. The molecule has 2 aromatic rings. The third kappa shape index (κ3) is 4.96. The molecule has 2 nitrogen and oxygen atoms in total. The quantitative estimate of drug-likeness (QED) is 0.372. The lowest BCUT2D eigenvalue weighted by atomic mass is 10.1. The molecule has 2 rings (SSSR count). The van der Waals surface area contributed by atoms with Crippen molar-refractivity contribution in [3.05, 3.63) is 65.2 Å². The van der Waals surface area contributed by atoms with Gasteiger partial charge in [-0.05, 0) is 29.8 Å². The summed E-state index contributed by atoms with van der Waals surface area (Å²) in [6.07, 6.45) is 0.0497. The number of hydrogen-bond donors (Lipinski definition) is 0. The van der Waals surface area contributed by atoms with Crippen LogP contribution >= 0.6 is 34.2 Å². The van der Waals surface area contributed by atoms with Crippen LogP contribution in [0.25, 0.3) is 0 Å². The second-order valence-corrected chi connectivity index (χ2v) is 5.55. The minimum absolute atomic E-state index is 0.0497. The highest BCUT2D eigenvalue weighted by atomic mass is 127. The minimum atomic E-state index is 0.0497. The lowest BCUT2D eigenvalue weighted by Crippen LogP contribution is -2.12. The van der Waals surface area contributed by atoms with E-state index in [9.17, 15) is 0 Å². The van der Waals surface area contributed by atoms with E-state index in [0.717, 1.165) is 20.8 Å². The van der Waals surface area contributed by atoms with Crippen molar-refractivity contribution in [3.8, 4) is 5.75 Å². The smallest absolute Gasteiger partial charge is 0.119 e. The predicted octanol–water partition coefficient (Wildman–Crippen LogP) is 4.91. The van der Waals surface area contributed by atoms with Crippen molar-refractivity contribution >= 4 is 34.2 Å². The molecule has 0 heterocycles. The first-order valence-corrected chi connectivity index (χ1v) is 8.31. The molecule has 0 spiro atoms. The van der Waals surface area contributed by atoms with Crippen molar-refractivity contribution in [2.45, 2.75) is 6.10 Å². The zero-order valence-electron chi connectivity index (χ0n) is 11.0. The Morgan fingerprint density at radius 1 is 1.00 bits per heavy atom. The van der Waals surface area contributed by atoms with Crippen molar-refractivity contribution in [2.24, 2.45) is 0 Å². The number of benzene rings is 2. The number of halogens is 2. The van der Waals surface area contributed by atoms with Gasteiger partial charge in [-0.15, -0.1) is 0 Å². The van der Waals surface area contributed by atoms with Crippen LogP contribution in [-0.2, 0) is 4.74 Å². The Labute approximate surface area is 138 Å². The Bertz CT molecular complexity index is 519. The van der Waals surface area contributed by atoms with E-state index in [1.807, 2.05) is 54.6 Å². The van der Waals surface area contributed by atoms with Gasteiger partial charge in [0.15, 0.2) is 0 Å². The van der Waals surface area contributed by atoms with Gasteiger partial charge < -0.3 is 9.47 Å². The zero-order valence-corrected chi connectivity index (χ0v) is 13.9. The van der Waals surface area contributed by atoms with E-state index in [0.29, 0.717) is 13.2 Å². The van der Waals surface area contributed by atoms with Gasteiger partial charge in [0, 0.05) is 9.45 Å². The summed E-state index contributed by atoms with van der Waals surface area (Å²) in [7, 11) is 0. The molecule has 0 aliphatic rings. The van der Waals surface area contributed by atoms with Crippen LogP contribution in [0.5, 0.6) is 5.75 Å². The van der Waals surface area contributed by atoms with E-state index in [4.69, 9.17) is 21.1 Å². The average Bonchev–Trinajstić information content (AvgIpc) is 2.48. The summed E-state index contributed by atoms with van der Waals surface area (Å²) in [6, 6.07) is 17.5. The fourth-order valence-electron chi connectivity index (χ4n) is 1.80. The van der Waals surface area contributed by atoms with Gasteiger partial charge >= 0.3 is 0 Å². The molecular weight excluding hydrogens is 387 g/mol. The molecule has 106 valence electrons. The fourth-order valence-corrected chi connectivity index (χ4v) is 2.76. The first-order valence-electron chi connectivity index (χ1n) is 6.40. The molecule has 1 atom stereocenters. The Kier molecular flexibility index (Phi) is 6.63. The number of alkyl halides is 1. The third-order valence-corrected chi connectivity index (χ3v) is 3.81. The molecule has 0 aliphatic carbocycles. The Morgan fingerprint density at radius 3 is 2.50 bits per heavy atom. The maximum Gasteiger partial charge on any atom is 0.119 e. The van der Waals surface area contributed by atoms with Crippen molar-refractivity contribution in [2.75, 3.05) is 17.6 Å². The molecule has 1 unspecified atom stereocenters. The highest BCUT2D eigenvalue weighted by molar-refractivity contribution is 14.1. The van der Waals surface area contributed by atoms with Crippen LogP contribution in [0.1, 0.15) is 11.7 Å². The van der Waals surface area contributed by atoms with Gasteiger partial charge in [-0.1, -0.05) is 64.5 Å². The second-order valence-electron chi connectivity index (χ2n) is 4.23. The van der Waals surface area contributed by atoms with Crippen LogP contribution in [0.4, 0.5) is 0 Å². The van der Waals surface area contributed by atoms with Gasteiger partial charge in [-0.25, -0.2) is 0 Å². The summed E-state index contributed by atoms with van der Waals surface area (Å²) in [6.45, 7) is 1.09. The van der Waals surface area contributed by atoms with E-state index in [-0.39, 0.29) is 6.10 Å². The molecule has 0 saturated carbocycles. The molecule has 2 aromatic carbocycles. The van der Waals surface area contributed by atoms with Crippen LogP contribution in [-0.4, -0.2) is 17.6 Å². The first kappa shape index (κ1) is 15.6. The maximum atomic E-state index is 6.00. The molecule has 0 fully saturated rings. The van der Waals surface area contributed by atoms with Crippen molar-refractivity contribution in [1.82, 2.24) is 0 Å². The standard InChI is InChI=1S/C16H16ClIO2/c17-14-6-4-5-13(11-14)16(12-18)20-10-9-19-15-7-2-1-3-8-15/h1-8,11,16H,9-10,12H2. The number of rotatable bonds is 7. The monoisotopic (exact) mass is 402 g/mol. The Balaban J connectivity index is 1.80. The largest absolute Gasteiger partial charge is 0.491 e. The van der Waals surface area contributed by atoms with Crippen LogP contribution in [0.3, 0.4) is 0 Å². The Hall–Kier alpha value is -0.780. The van der Waals surface area contributed by atoms with Crippen LogP contribution in [0.2, 0.25) is 5.02 Å². The van der Waals surface area contributed by atoms with E-state index in [1.54, 1.807) is 0 Å². The third-order valence-electron chi connectivity index (χ3n) is 2.77. The number of ether oxygens (including phenoxy) is 2. The van der Waals surface area contributed by atoms with Crippen molar-refractivity contribution < 1.29 is 9.47 Å². The molecule has 0 aromatic heterocycles.